The third kappa shape index (κ3) is 3.94. The third-order valence-corrected chi connectivity index (χ3v) is 5.60. The van der Waals surface area contributed by atoms with Crippen LogP contribution in [-0.2, 0) is 16.3 Å². The smallest absolute Gasteiger partial charge is 0.150 e. The molecule has 0 aliphatic carbocycles. The van der Waals surface area contributed by atoms with Crippen molar-refractivity contribution in [2.75, 3.05) is 25.1 Å². The number of sulfone groups is 1. The second-order valence-corrected chi connectivity index (χ2v) is 7.58. The van der Waals surface area contributed by atoms with E-state index in [-0.39, 0.29) is 11.7 Å². The molecule has 2 atom stereocenters. The van der Waals surface area contributed by atoms with E-state index in [1.54, 1.807) is 12.1 Å². The maximum Gasteiger partial charge on any atom is 0.150 e. The van der Waals surface area contributed by atoms with E-state index in [2.05, 4.69) is 5.32 Å². The molecule has 2 unspecified atom stereocenters. The van der Waals surface area contributed by atoms with Crippen molar-refractivity contribution in [2.45, 2.75) is 12.8 Å². The number of rotatable bonds is 5. The van der Waals surface area contributed by atoms with Crippen molar-refractivity contribution < 1.29 is 13.5 Å². The lowest BCUT2D eigenvalue weighted by molar-refractivity contribution is 0.351. The second-order valence-electron chi connectivity index (χ2n) is 5.35. The maximum atomic E-state index is 11.6. The van der Waals surface area contributed by atoms with Gasteiger partial charge in [0.1, 0.15) is 5.75 Å². The molecule has 1 saturated heterocycles. The first-order valence-electron chi connectivity index (χ1n) is 6.63. The number of nitrogens with one attached hydrogen (secondary N) is 1. The fourth-order valence-electron chi connectivity index (χ4n) is 2.85. The van der Waals surface area contributed by atoms with E-state index in [1.807, 2.05) is 19.2 Å². The fraction of sp³-hybridized carbons (Fsp3) is 0.571. The zero-order chi connectivity index (χ0) is 13.9. The highest BCUT2D eigenvalue weighted by Gasteiger charge is 2.33. The summed E-state index contributed by atoms with van der Waals surface area (Å²) in [6.07, 6.45) is 1.56. The van der Waals surface area contributed by atoms with Crippen LogP contribution < -0.4 is 5.32 Å². The fourth-order valence-corrected chi connectivity index (χ4v) is 4.77. The normalized spacial score (nSPS) is 23.3. The number of aromatic hydroxyl groups is 1. The number of phenols is 1. The van der Waals surface area contributed by atoms with Crippen LogP contribution in [0.1, 0.15) is 12.0 Å². The Bertz CT molecular complexity index is 527. The van der Waals surface area contributed by atoms with Crippen molar-refractivity contribution in [3.63, 3.8) is 0 Å². The van der Waals surface area contributed by atoms with Crippen LogP contribution in [0.25, 0.3) is 0 Å². The summed E-state index contributed by atoms with van der Waals surface area (Å²) >= 11 is 0. The molecule has 0 amide bonds. The van der Waals surface area contributed by atoms with E-state index in [4.69, 9.17) is 0 Å². The predicted octanol–water partition coefficient (Wildman–Crippen LogP) is 1.21. The zero-order valence-electron chi connectivity index (χ0n) is 11.2. The van der Waals surface area contributed by atoms with Gasteiger partial charge in [0.15, 0.2) is 9.84 Å². The van der Waals surface area contributed by atoms with Gasteiger partial charge in [-0.1, -0.05) is 12.1 Å². The average Bonchev–Trinajstić information content (AvgIpc) is 2.69. The largest absolute Gasteiger partial charge is 0.508 e. The maximum absolute atomic E-state index is 11.6. The lowest BCUT2D eigenvalue weighted by Crippen LogP contribution is -2.28. The average molecular weight is 283 g/mol. The molecule has 1 aliphatic rings. The molecule has 1 heterocycles. The molecule has 5 heteroatoms. The first kappa shape index (κ1) is 14.3. The molecule has 19 heavy (non-hydrogen) atoms. The van der Waals surface area contributed by atoms with Crippen molar-refractivity contribution >= 4 is 9.84 Å². The molecular formula is C14H21NO3S. The Morgan fingerprint density at radius 1 is 1.47 bits per heavy atom. The molecular weight excluding hydrogens is 262 g/mol. The summed E-state index contributed by atoms with van der Waals surface area (Å²) in [5.74, 6) is 1.40. The third-order valence-electron chi connectivity index (χ3n) is 3.81. The Morgan fingerprint density at radius 3 is 2.84 bits per heavy atom. The van der Waals surface area contributed by atoms with Gasteiger partial charge in [0, 0.05) is 0 Å². The zero-order valence-corrected chi connectivity index (χ0v) is 12.0. The Balaban J connectivity index is 2.08. The molecule has 2 rings (SSSR count). The lowest BCUT2D eigenvalue weighted by atomic mass is 9.86. The molecule has 0 aromatic heterocycles. The van der Waals surface area contributed by atoms with E-state index in [1.165, 1.54) is 0 Å². The highest BCUT2D eigenvalue weighted by atomic mass is 32.2. The Morgan fingerprint density at radius 2 is 2.26 bits per heavy atom. The molecule has 1 aliphatic heterocycles. The van der Waals surface area contributed by atoms with E-state index >= 15 is 0 Å². The van der Waals surface area contributed by atoms with Crippen LogP contribution in [0.2, 0.25) is 0 Å². The first-order valence-corrected chi connectivity index (χ1v) is 8.45. The van der Waals surface area contributed by atoms with E-state index in [0.29, 0.717) is 17.4 Å². The summed E-state index contributed by atoms with van der Waals surface area (Å²) in [5.41, 5.74) is 1.06. The van der Waals surface area contributed by atoms with Gasteiger partial charge in [-0.2, -0.15) is 0 Å². The minimum Gasteiger partial charge on any atom is -0.508 e. The number of hydrogen-bond donors (Lipinski definition) is 2. The van der Waals surface area contributed by atoms with Gasteiger partial charge < -0.3 is 10.4 Å². The Labute approximate surface area is 114 Å². The predicted molar refractivity (Wildman–Crippen MR) is 76.0 cm³/mol. The van der Waals surface area contributed by atoms with Crippen LogP contribution >= 0.6 is 0 Å². The highest BCUT2D eigenvalue weighted by molar-refractivity contribution is 7.91. The van der Waals surface area contributed by atoms with Crippen LogP contribution in [0, 0.1) is 11.8 Å². The second kappa shape index (κ2) is 5.92. The molecule has 4 nitrogen and oxygen atoms in total. The minimum atomic E-state index is -2.84. The van der Waals surface area contributed by atoms with Gasteiger partial charge >= 0.3 is 0 Å². The first-order chi connectivity index (χ1) is 9.00. The van der Waals surface area contributed by atoms with Gasteiger partial charge in [-0.15, -0.1) is 0 Å². The Hall–Kier alpha value is -1.07. The van der Waals surface area contributed by atoms with Gasteiger partial charge in [-0.25, -0.2) is 8.42 Å². The molecule has 0 radical (unpaired) electrons. The van der Waals surface area contributed by atoms with Crippen molar-refractivity contribution in [1.29, 1.82) is 0 Å². The van der Waals surface area contributed by atoms with Crippen molar-refractivity contribution in [2.24, 2.45) is 11.8 Å². The topological polar surface area (TPSA) is 66.4 Å². The monoisotopic (exact) mass is 283 g/mol. The summed E-state index contributed by atoms with van der Waals surface area (Å²) < 4.78 is 23.2. The van der Waals surface area contributed by atoms with Crippen LogP contribution in [0.15, 0.2) is 24.3 Å². The molecule has 0 saturated carbocycles. The summed E-state index contributed by atoms with van der Waals surface area (Å²) in [5, 5.41) is 12.6. The number of phenolic OH excluding ortho intramolecular Hbond substituents is 1. The van der Waals surface area contributed by atoms with Crippen LogP contribution in [0.4, 0.5) is 0 Å². The summed E-state index contributed by atoms with van der Waals surface area (Å²) in [6, 6.07) is 7.21. The summed E-state index contributed by atoms with van der Waals surface area (Å²) in [6.45, 7) is 0.801. The standard InChI is InChI=1S/C14H21NO3S/c1-15-9-13(12-5-6-19(17,18)10-12)7-11-3-2-4-14(16)8-11/h2-4,8,12-13,15-16H,5-7,9-10H2,1H3. The number of hydrogen-bond acceptors (Lipinski definition) is 4. The van der Waals surface area contributed by atoms with Crippen LogP contribution in [-0.4, -0.2) is 38.6 Å². The Kier molecular flexibility index (Phi) is 4.47. The molecule has 1 fully saturated rings. The van der Waals surface area contributed by atoms with E-state index < -0.39 is 9.84 Å². The molecule has 0 spiro atoms. The highest BCUT2D eigenvalue weighted by Crippen LogP contribution is 2.28. The van der Waals surface area contributed by atoms with Crippen LogP contribution in [0.5, 0.6) is 5.75 Å². The molecule has 1 aromatic carbocycles. The SMILES string of the molecule is CNCC(Cc1cccc(O)c1)C1CCS(=O)(=O)C1. The molecule has 106 valence electrons. The molecule has 2 N–H and O–H groups in total. The van der Waals surface area contributed by atoms with Gasteiger partial charge in [-0.05, 0) is 56.0 Å². The van der Waals surface area contributed by atoms with Gasteiger partial charge in [0.25, 0.3) is 0 Å². The van der Waals surface area contributed by atoms with Crippen molar-refractivity contribution in [3.05, 3.63) is 29.8 Å². The number of benzene rings is 1. The molecule has 0 bridgehead atoms. The van der Waals surface area contributed by atoms with Gasteiger partial charge in [0.05, 0.1) is 11.5 Å². The quantitative estimate of drug-likeness (QED) is 0.852. The van der Waals surface area contributed by atoms with Gasteiger partial charge in [0.2, 0.25) is 0 Å². The summed E-state index contributed by atoms with van der Waals surface area (Å²) in [4.78, 5) is 0. The lowest BCUT2D eigenvalue weighted by Gasteiger charge is -2.22. The van der Waals surface area contributed by atoms with E-state index in [0.717, 1.165) is 24.9 Å². The minimum absolute atomic E-state index is 0.222. The van der Waals surface area contributed by atoms with Crippen LogP contribution in [0.3, 0.4) is 0 Å². The summed E-state index contributed by atoms with van der Waals surface area (Å²) in [7, 11) is -0.949. The molecule has 1 aromatic rings. The van der Waals surface area contributed by atoms with Gasteiger partial charge in [-0.3, -0.25) is 0 Å². The van der Waals surface area contributed by atoms with Crippen molar-refractivity contribution in [1.82, 2.24) is 5.32 Å². The van der Waals surface area contributed by atoms with E-state index in [9.17, 15) is 13.5 Å². The van der Waals surface area contributed by atoms with Crippen molar-refractivity contribution in [3.8, 4) is 5.75 Å².